The van der Waals surface area contributed by atoms with Crippen LogP contribution in [0.25, 0.3) is 0 Å². The lowest BCUT2D eigenvalue weighted by atomic mass is 10.1. The number of carbonyl (C=O) groups is 1. The molecule has 30 heavy (non-hydrogen) atoms. The number of hydrogen-bond acceptors (Lipinski definition) is 4. The van der Waals surface area contributed by atoms with Crippen LogP contribution in [-0.2, 0) is 23.1 Å². The van der Waals surface area contributed by atoms with Crippen molar-refractivity contribution in [1.29, 1.82) is 0 Å². The maximum atomic E-state index is 12.4. The lowest BCUT2D eigenvalue weighted by molar-refractivity contribution is 0.0951. The molecule has 0 unspecified atom stereocenters. The highest BCUT2D eigenvalue weighted by atomic mass is 32.2. The predicted octanol–water partition coefficient (Wildman–Crippen LogP) is 3.39. The smallest absolute Gasteiger partial charge is 0.251 e. The second-order valence-electron chi connectivity index (χ2n) is 7.81. The van der Waals surface area contributed by atoms with Crippen LogP contribution >= 0.6 is 0 Å². The molecule has 2 aromatic carbocycles. The third-order valence-electron chi connectivity index (χ3n) is 5.44. The Balaban J connectivity index is 1.53. The third-order valence-corrected chi connectivity index (χ3v) is 6.71. The zero-order chi connectivity index (χ0) is 21.6. The van der Waals surface area contributed by atoms with Crippen LogP contribution in [0.4, 0.5) is 5.69 Å². The van der Waals surface area contributed by atoms with E-state index in [0.717, 1.165) is 12.1 Å². The van der Waals surface area contributed by atoms with E-state index in [1.165, 1.54) is 48.5 Å². The minimum atomic E-state index is -3.33. The standard InChI is InChI=1S/C23H31N3O3S/c1-3-26(30(2,28)29)22-13-11-21(12-14-22)23(27)24-17-19-7-9-20(10-8-19)18-25-15-5-4-6-16-25/h7-14H,3-6,15-18H2,1-2H3,(H,24,27). The van der Waals surface area contributed by atoms with Crippen molar-refractivity contribution < 1.29 is 13.2 Å². The summed E-state index contributed by atoms with van der Waals surface area (Å²) in [7, 11) is -3.33. The summed E-state index contributed by atoms with van der Waals surface area (Å²) in [5, 5.41) is 2.93. The lowest BCUT2D eigenvalue weighted by Crippen LogP contribution is -2.29. The van der Waals surface area contributed by atoms with Crippen molar-refractivity contribution >= 4 is 21.6 Å². The molecule has 1 amide bonds. The van der Waals surface area contributed by atoms with E-state index in [4.69, 9.17) is 0 Å². The van der Waals surface area contributed by atoms with Gasteiger partial charge in [-0.15, -0.1) is 0 Å². The molecule has 1 heterocycles. The predicted molar refractivity (Wildman–Crippen MR) is 121 cm³/mol. The van der Waals surface area contributed by atoms with E-state index in [-0.39, 0.29) is 5.91 Å². The maximum Gasteiger partial charge on any atom is 0.251 e. The van der Waals surface area contributed by atoms with Crippen LogP contribution in [0.2, 0.25) is 0 Å². The van der Waals surface area contributed by atoms with Gasteiger partial charge < -0.3 is 5.32 Å². The minimum absolute atomic E-state index is 0.179. The summed E-state index contributed by atoms with van der Waals surface area (Å²) >= 11 is 0. The first-order valence-corrected chi connectivity index (χ1v) is 12.4. The summed E-state index contributed by atoms with van der Waals surface area (Å²) < 4.78 is 24.9. The Morgan fingerprint density at radius 3 is 2.13 bits per heavy atom. The number of piperidine rings is 1. The Labute approximate surface area is 179 Å². The molecule has 7 heteroatoms. The quantitative estimate of drug-likeness (QED) is 0.698. The number of hydrogen-bond donors (Lipinski definition) is 1. The van der Waals surface area contributed by atoms with Gasteiger partial charge in [0.25, 0.3) is 5.91 Å². The number of anilines is 1. The highest BCUT2D eigenvalue weighted by Crippen LogP contribution is 2.18. The molecule has 6 nitrogen and oxygen atoms in total. The minimum Gasteiger partial charge on any atom is -0.348 e. The molecule has 0 radical (unpaired) electrons. The van der Waals surface area contributed by atoms with Crippen molar-refractivity contribution in [2.75, 3.05) is 30.2 Å². The first-order chi connectivity index (χ1) is 14.4. The van der Waals surface area contributed by atoms with E-state index in [2.05, 4.69) is 34.5 Å². The van der Waals surface area contributed by atoms with E-state index < -0.39 is 10.0 Å². The monoisotopic (exact) mass is 429 g/mol. The first-order valence-electron chi connectivity index (χ1n) is 10.5. The number of sulfonamides is 1. The molecule has 0 saturated carbocycles. The van der Waals surface area contributed by atoms with Crippen LogP contribution in [-0.4, -0.2) is 45.1 Å². The fraction of sp³-hybridized carbons (Fsp3) is 0.435. The zero-order valence-corrected chi connectivity index (χ0v) is 18.6. The van der Waals surface area contributed by atoms with Crippen molar-refractivity contribution in [2.45, 2.75) is 39.3 Å². The normalized spacial score (nSPS) is 15.0. The molecular formula is C23H31N3O3S. The lowest BCUT2D eigenvalue weighted by Gasteiger charge is -2.26. The van der Waals surface area contributed by atoms with Crippen molar-refractivity contribution in [2.24, 2.45) is 0 Å². The Kier molecular flexibility index (Phi) is 7.50. The van der Waals surface area contributed by atoms with Gasteiger partial charge in [0.05, 0.1) is 11.9 Å². The Bertz CT molecular complexity index is 935. The van der Waals surface area contributed by atoms with E-state index in [9.17, 15) is 13.2 Å². The van der Waals surface area contributed by atoms with Gasteiger partial charge in [0.1, 0.15) is 0 Å². The van der Waals surface area contributed by atoms with Gasteiger partial charge in [-0.25, -0.2) is 8.42 Å². The average Bonchev–Trinajstić information content (AvgIpc) is 2.74. The van der Waals surface area contributed by atoms with E-state index in [0.29, 0.717) is 24.3 Å². The molecule has 0 atom stereocenters. The molecule has 0 aliphatic carbocycles. The molecule has 1 aliphatic heterocycles. The van der Waals surface area contributed by atoms with E-state index >= 15 is 0 Å². The van der Waals surface area contributed by atoms with Crippen molar-refractivity contribution in [3.05, 3.63) is 65.2 Å². The fourth-order valence-electron chi connectivity index (χ4n) is 3.81. The summed E-state index contributed by atoms with van der Waals surface area (Å²) in [6.07, 6.45) is 5.09. The number of carbonyl (C=O) groups excluding carboxylic acids is 1. The van der Waals surface area contributed by atoms with Gasteiger partial charge in [-0.1, -0.05) is 30.7 Å². The number of nitrogens with one attached hydrogen (secondary N) is 1. The van der Waals surface area contributed by atoms with Gasteiger partial charge in [0.2, 0.25) is 10.0 Å². The Morgan fingerprint density at radius 1 is 0.967 bits per heavy atom. The second-order valence-corrected chi connectivity index (χ2v) is 9.72. The fourth-order valence-corrected chi connectivity index (χ4v) is 4.78. The first kappa shape index (κ1) is 22.3. The Hall–Kier alpha value is -2.38. The highest BCUT2D eigenvalue weighted by molar-refractivity contribution is 7.92. The third kappa shape index (κ3) is 6.06. The van der Waals surface area contributed by atoms with Gasteiger partial charge in [-0.2, -0.15) is 0 Å². The SMILES string of the molecule is CCN(c1ccc(C(=O)NCc2ccc(CN3CCCCC3)cc2)cc1)S(C)(=O)=O. The summed E-state index contributed by atoms with van der Waals surface area (Å²) in [6.45, 7) is 5.92. The summed E-state index contributed by atoms with van der Waals surface area (Å²) in [4.78, 5) is 14.9. The Morgan fingerprint density at radius 2 is 1.57 bits per heavy atom. The number of nitrogens with zero attached hydrogens (tertiary/aromatic N) is 2. The van der Waals surface area contributed by atoms with Gasteiger partial charge in [0, 0.05) is 25.2 Å². The molecule has 2 aromatic rings. The number of rotatable bonds is 8. The highest BCUT2D eigenvalue weighted by Gasteiger charge is 2.16. The molecule has 1 fully saturated rings. The second kappa shape index (κ2) is 10.1. The van der Waals surface area contributed by atoms with Gasteiger partial charge in [-0.05, 0) is 68.2 Å². The van der Waals surface area contributed by atoms with Crippen LogP contribution in [0.3, 0.4) is 0 Å². The van der Waals surface area contributed by atoms with E-state index in [1.54, 1.807) is 31.2 Å². The summed E-state index contributed by atoms with van der Waals surface area (Å²) in [5.74, 6) is -0.179. The molecule has 0 bridgehead atoms. The van der Waals surface area contributed by atoms with Crippen molar-refractivity contribution in [1.82, 2.24) is 10.2 Å². The van der Waals surface area contributed by atoms with E-state index in [1.807, 2.05) is 0 Å². The maximum absolute atomic E-state index is 12.4. The van der Waals surface area contributed by atoms with Gasteiger partial charge in [-0.3, -0.25) is 14.0 Å². The molecule has 162 valence electrons. The number of likely N-dealkylation sites (tertiary alicyclic amines) is 1. The molecule has 1 saturated heterocycles. The van der Waals surface area contributed by atoms with Crippen LogP contribution < -0.4 is 9.62 Å². The van der Waals surface area contributed by atoms with Crippen LogP contribution in [0.15, 0.2) is 48.5 Å². The van der Waals surface area contributed by atoms with Gasteiger partial charge in [0.15, 0.2) is 0 Å². The largest absolute Gasteiger partial charge is 0.348 e. The molecule has 3 rings (SSSR count). The zero-order valence-electron chi connectivity index (χ0n) is 17.8. The molecule has 0 spiro atoms. The van der Waals surface area contributed by atoms with Gasteiger partial charge >= 0.3 is 0 Å². The van der Waals surface area contributed by atoms with Crippen molar-refractivity contribution in [3.8, 4) is 0 Å². The number of amides is 1. The number of benzene rings is 2. The van der Waals surface area contributed by atoms with Crippen LogP contribution in [0.5, 0.6) is 0 Å². The molecular weight excluding hydrogens is 398 g/mol. The topological polar surface area (TPSA) is 69.7 Å². The molecule has 1 aliphatic rings. The van der Waals surface area contributed by atoms with Crippen LogP contribution in [0.1, 0.15) is 47.7 Å². The average molecular weight is 430 g/mol. The van der Waals surface area contributed by atoms with Crippen LogP contribution in [0, 0.1) is 0 Å². The van der Waals surface area contributed by atoms with Crippen molar-refractivity contribution in [3.63, 3.8) is 0 Å². The molecule has 0 aromatic heterocycles. The summed E-state index contributed by atoms with van der Waals surface area (Å²) in [5.41, 5.74) is 3.41. The summed E-state index contributed by atoms with van der Waals surface area (Å²) in [6, 6.07) is 15.0. The molecule has 1 N–H and O–H groups in total.